The number of likely N-dealkylation sites (tertiary alicyclic amines) is 1. The van der Waals surface area contributed by atoms with Crippen molar-refractivity contribution in [3.05, 3.63) is 29.6 Å². The molecule has 0 aromatic carbocycles. The Labute approximate surface area is 136 Å². The number of aromatic nitrogens is 1. The number of hydrogen-bond acceptors (Lipinski definition) is 4. The van der Waals surface area contributed by atoms with Crippen molar-refractivity contribution < 1.29 is 14.7 Å². The maximum atomic E-state index is 12.3. The van der Waals surface area contributed by atoms with Gasteiger partial charge in [-0.25, -0.2) is 4.79 Å². The van der Waals surface area contributed by atoms with Crippen LogP contribution in [-0.2, 0) is 11.3 Å². The van der Waals surface area contributed by atoms with Gasteiger partial charge in [0.15, 0.2) is 0 Å². The quantitative estimate of drug-likeness (QED) is 0.804. The predicted octanol–water partition coefficient (Wildman–Crippen LogP) is 2.05. The highest BCUT2D eigenvalue weighted by atomic mass is 16.4. The Morgan fingerprint density at radius 1 is 1.35 bits per heavy atom. The number of hydrogen-bond donors (Lipinski definition) is 2. The minimum absolute atomic E-state index is 0.0831. The molecule has 1 atom stereocenters. The summed E-state index contributed by atoms with van der Waals surface area (Å²) in [5, 5.41) is 12.3. The van der Waals surface area contributed by atoms with Crippen molar-refractivity contribution in [2.45, 2.75) is 51.6 Å². The van der Waals surface area contributed by atoms with Gasteiger partial charge in [-0.15, -0.1) is 0 Å². The Hall–Kier alpha value is -1.95. The molecule has 1 aromatic rings. The first-order valence-electron chi connectivity index (χ1n) is 8.29. The van der Waals surface area contributed by atoms with Crippen LogP contribution in [0.3, 0.4) is 0 Å². The van der Waals surface area contributed by atoms with Crippen molar-refractivity contribution in [2.75, 3.05) is 13.1 Å². The molecule has 1 aromatic heterocycles. The Balaban J connectivity index is 1.85. The van der Waals surface area contributed by atoms with Gasteiger partial charge in [-0.3, -0.25) is 9.78 Å². The largest absolute Gasteiger partial charge is 0.478 e. The van der Waals surface area contributed by atoms with Crippen LogP contribution < -0.4 is 5.32 Å². The summed E-state index contributed by atoms with van der Waals surface area (Å²) in [7, 11) is 0. The van der Waals surface area contributed by atoms with Crippen LogP contribution in [0.4, 0.5) is 0 Å². The van der Waals surface area contributed by atoms with Crippen LogP contribution in [0.15, 0.2) is 18.3 Å². The summed E-state index contributed by atoms with van der Waals surface area (Å²) >= 11 is 0. The van der Waals surface area contributed by atoms with Gasteiger partial charge in [-0.1, -0.05) is 6.92 Å². The smallest absolute Gasteiger partial charge is 0.335 e. The van der Waals surface area contributed by atoms with Crippen LogP contribution in [0.2, 0.25) is 0 Å². The molecular formula is C17H25N3O3. The van der Waals surface area contributed by atoms with Crippen molar-refractivity contribution >= 4 is 11.9 Å². The van der Waals surface area contributed by atoms with E-state index in [2.05, 4.69) is 10.3 Å². The highest BCUT2D eigenvalue weighted by Gasteiger charge is 2.19. The van der Waals surface area contributed by atoms with Crippen LogP contribution >= 0.6 is 0 Å². The number of pyridine rings is 1. The highest BCUT2D eigenvalue weighted by molar-refractivity contribution is 5.87. The number of aromatic carboxylic acids is 1. The van der Waals surface area contributed by atoms with Crippen molar-refractivity contribution in [3.8, 4) is 0 Å². The van der Waals surface area contributed by atoms with E-state index in [9.17, 15) is 9.59 Å². The third-order valence-electron chi connectivity index (χ3n) is 4.26. The van der Waals surface area contributed by atoms with Gasteiger partial charge >= 0.3 is 5.97 Å². The predicted molar refractivity (Wildman–Crippen MR) is 87.2 cm³/mol. The van der Waals surface area contributed by atoms with E-state index in [1.165, 1.54) is 18.7 Å². The molecule has 2 heterocycles. The van der Waals surface area contributed by atoms with Crippen LogP contribution in [0, 0.1) is 0 Å². The monoisotopic (exact) mass is 319 g/mol. The number of nitrogens with zero attached hydrogens (tertiary/aromatic N) is 2. The van der Waals surface area contributed by atoms with Gasteiger partial charge in [0.05, 0.1) is 11.3 Å². The molecule has 0 bridgehead atoms. The van der Waals surface area contributed by atoms with Gasteiger partial charge < -0.3 is 15.3 Å². The normalized spacial score (nSPS) is 16.1. The Morgan fingerprint density at radius 3 is 2.74 bits per heavy atom. The second-order valence-corrected chi connectivity index (χ2v) is 5.97. The summed E-state index contributed by atoms with van der Waals surface area (Å²) in [5.41, 5.74) is 0.906. The maximum Gasteiger partial charge on any atom is 0.335 e. The molecule has 1 amide bonds. The third-order valence-corrected chi connectivity index (χ3v) is 4.26. The van der Waals surface area contributed by atoms with Crippen molar-refractivity contribution in [2.24, 2.45) is 0 Å². The first kappa shape index (κ1) is 17.4. The van der Waals surface area contributed by atoms with Gasteiger partial charge in [-0.05, 0) is 37.8 Å². The molecule has 1 saturated heterocycles. The number of nitrogens with one attached hydrogen (secondary N) is 1. The number of amides is 1. The number of carbonyl (C=O) groups excluding carboxylic acids is 1. The van der Waals surface area contributed by atoms with E-state index >= 15 is 0 Å². The van der Waals surface area contributed by atoms with Crippen LogP contribution in [0.5, 0.6) is 0 Å². The molecule has 1 aliphatic heterocycles. The number of rotatable bonds is 7. The van der Waals surface area contributed by atoms with Crippen LogP contribution in [0.1, 0.15) is 55.1 Å². The minimum atomic E-state index is -0.957. The van der Waals surface area contributed by atoms with Crippen LogP contribution in [-0.4, -0.2) is 46.0 Å². The number of carboxylic acid groups (broad SMARTS) is 1. The van der Waals surface area contributed by atoms with E-state index in [0.717, 1.165) is 32.4 Å². The molecule has 1 aliphatic rings. The third kappa shape index (κ3) is 5.32. The summed E-state index contributed by atoms with van der Waals surface area (Å²) < 4.78 is 0. The van der Waals surface area contributed by atoms with E-state index in [4.69, 9.17) is 5.11 Å². The van der Waals surface area contributed by atoms with Gasteiger partial charge in [0, 0.05) is 38.3 Å². The molecule has 0 aliphatic carbocycles. The zero-order chi connectivity index (χ0) is 16.7. The van der Waals surface area contributed by atoms with Gasteiger partial charge in [0.25, 0.3) is 0 Å². The number of carboxylic acids is 1. The summed E-state index contributed by atoms with van der Waals surface area (Å²) in [6, 6.07) is 3.12. The maximum absolute atomic E-state index is 12.3. The van der Waals surface area contributed by atoms with Gasteiger partial charge in [0.2, 0.25) is 5.91 Å². The molecular weight excluding hydrogens is 294 g/mol. The first-order chi connectivity index (χ1) is 11.1. The average molecular weight is 319 g/mol. The molecule has 0 radical (unpaired) electrons. The lowest BCUT2D eigenvalue weighted by Gasteiger charge is -2.28. The zero-order valence-corrected chi connectivity index (χ0v) is 13.6. The molecule has 6 nitrogen and oxygen atoms in total. The lowest BCUT2D eigenvalue weighted by atomic mass is 10.1. The van der Waals surface area contributed by atoms with E-state index < -0.39 is 5.97 Å². The van der Waals surface area contributed by atoms with E-state index in [-0.39, 0.29) is 17.5 Å². The fourth-order valence-corrected chi connectivity index (χ4v) is 2.80. The molecule has 126 valence electrons. The Bertz CT molecular complexity index is 542. The Morgan fingerprint density at radius 2 is 2.09 bits per heavy atom. The topological polar surface area (TPSA) is 82.5 Å². The van der Waals surface area contributed by atoms with Crippen LogP contribution in [0.25, 0.3) is 0 Å². The van der Waals surface area contributed by atoms with E-state index in [0.29, 0.717) is 18.7 Å². The van der Waals surface area contributed by atoms with Crippen molar-refractivity contribution in [3.63, 3.8) is 0 Å². The second kappa shape index (κ2) is 8.62. The fraction of sp³-hybridized carbons (Fsp3) is 0.588. The van der Waals surface area contributed by atoms with Crippen molar-refractivity contribution in [1.29, 1.82) is 0 Å². The number of carbonyl (C=O) groups is 2. The molecule has 1 unspecified atom stereocenters. The Kier molecular flexibility index (Phi) is 6.52. The average Bonchev–Trinajstić information content (AvgIpc) is 2.59. The molecule has 0 saturated carbocycles. The summed E-state index contributed by atoms with van der Waals surface area (Å²) in [6.45, 7) is 4.25. The van der Waals surface area contributed by atoms with E-state index in [1.807, 2.05) is 11.8 Å². The molecule has 1 fully saturated rings. The number of piperidine rings is 1. The lowest BCUT2D eigenvalue weighted by Crippen LogP contribution is -2.40. The fourth-order valence-electron chi connectivity index (χ4n) is 2.80. The summed E-state index contributed by atoms with van der Waals surface area (Å²) in [4.78, 5) is 29.4. The van der Waals surface area contributed by atoms with Gasteiger partial charge in [0.1, 0.15) is 0 Å². The second-order valence-electron chi connectivity index (χ2n) is 5.97. The standard InChI is InChI=1S/C17H25N3O3/c1-2-14(11-16(21)20-8-4-3-5-9-20)19-12-15-10-13(17(22)23)6-7-18-15/h6-7,10,14,19H,2-5,8-9,11-12H2,1H3,(H,22,23). The molecule has 2 rings (SSSR count). The van der Waals surface area contributed by atoms with Crippen molar-refractivity contribution in [1.82, 2.24) is 15.2 Å². The SMILES string of the molecule is CCC(CC(=O)N1CCCCC1)NCc1cc(C(=O)O)ccn1. The molecule has 23 heavy (non-hydrogen) atoms. The van der Waals surface area contributed by atoms with E-state index in [1.54, 1.807) is 6.07 Å². The molecule has 0 spiro atoms. The lowest BCUT2D eigenvalue weighted by molar-refractivity contribution is -0.132. The highest BCUT2D eigenvalue weighted by Crippen LogP contribution is 2.12. The molecule has 2 N–H and O–H groups in total. The summed E-state index contributed by atoms with van der Waals surface area (Å²) in [6.07, 6.45) is 6.24. The molecule has 6 heteroatoms. The summed E-state index contributed by atoms with van der Waals surface area (Å²) in [5.74, 6) is -0.753. The zero-order valence-electron chi connectivity index (χ0n) is 13.6. The van der Waals surface area contributed by atoms with Gasteiger partial charge in [-0.2, -0.15) is 0 Å². The minimum Gasteiger partial charge on any atom is -0.478 e. The first-order valence-corrected chi connectivity index (χ1v) is 8.29.